The highest BCUT2D eigenvalue weighted by atomic mass is 16.5. The Balaban J connectivity index is 1.73. The van der Waals surface area contributed by atoms with Crippen molar-refractivity contribution in [2.24, 2.45) is 11.8 Å². The Labute approximate surface area is 206 Å². The molecule has 2 aliphatic carbocycles. The van der Waals surface area contributed by atoms with Gasteiger partial charge in [-0.2, -0.15) is 0 Å². The van der Waals surface area contributed by atoms with Gasteiger partial charge in [0.05, 0.1) is 5.92 Å². The lowest BCUT2D eigenvalue weighted by atomic mass is 9.66. The summed E-state index contributed by atoms with van der Waals surface area (Å²) in [5, 5.41) is 0. The van der Waals surface area contributed by atoms with Crippen LogP contribution in [0.25, 0.3) is 0 Å². The van der Waals surface area contributed by atoms with E-state index in [0.29, 0.717) is 24.4 Å². The van der Waals surface area contributed by atoms with Crippen LogP contribution in [0.5, 0.6) is 11.5 Å². The van der Waals surface area contributed by atoms with Gasteiger partial charge in [-0.05, 0) is 62.6 Å². The van der Waals surface area contributed by atoms with Crippen molar-refractivity contribution in [2.45, 2.75) is 129 Å². The van der Waals surface area contributed by atoms with Gasteiger partial charge in [0.25, 0.3) is 0 Å². The van der Waals surface area contributed by atoms with Crippen LogP contribution in [0.2, 0.25) is 0 Å². The average Bonchev–Trinajstić information content (AvgIpc) is 3.31. The molecule has 4 rings (SSSR count). The van der Waals surface area contributed by atoms with Gasteiger partial charge >= 0.3 is 5.97 Å². The normalized spacial score (nSPS) is 24.3. The molecule has 1 heterocycles. The summed E-state index contributed by atoms with van der Waals surface area (Å²) in [6.07, 6.45) is 12.0. The van der Waals surface area contributed by atoms with Crippen LogP contribution in [-0.2, 0) is 15.0 Å². The molecule has 1 aromatic carbocycles. The van der Waals surface area contributed by atoms with E-state index in [-0.39, 0.29) is 34.7 Å². The first kappa shape index (κ1) is 25.3. The molecule has 3 aliphatic rings. The minimum absolute atomic E-state index is 0.00825. The molecule has 2 saturated carbocycles. The minimum atomic E-state index is -0.352. The van der Waals surface area contributed by atoms with E-state index in [1.54, 1.807) is 0 Å². The van der Waals surface area contributed by atoms with Crippen LogP contribution in [0.15, 0.2) is 12.1 Å². The topological polar surface area (TPSA) is 52.6 Å². The highest BCUT2D eigenvalue weighted by Gasteiger charge is 2.48. The van der Waals surface area contributed by atoms with Crippen molar-refractivity contribution in [1.82, 2.24) is 0 Å². The fraction of sp³-hybridized carbons (Fsp3) is 0.733. The molecule has 1 aliphatic heterocycles. The molecule has 2 fully saturated rings. The summed E-state index contributed by atoms with van der Waals surface area (Å²) in [6.45, 7) is 11.1. The summed E-state index contributed by atoms with van der Waals surface area (Å²) in [6, 6.07) is 4.28. The van der Waals surface area contributed by atoms with E-state index in [4.69, 9.17) is 9.47 Å². The van der Waals surface area contributed by atoms with Crippen molar-refractivity contribution < 1.29 is 19.1 Å². The number of rotatable bonds is 8. The smallest absolute Gasteiger partial charge is 0.314 e. The molecule has 34 heavy (non-hydrogen) atoms. The number of hydrogen-bond acceptors (Lipinski definition) is 4. The number of carbonyl (C=O) groups is 2. The van der Waals surface area contributed by atoms with Gasteiger partial charge in [0, 0.05) is 30.2 Å². The van der Waals surface area contributed by atoms with Crippen molar-refractivity contribution in [3.63, 3.8) is 0 Å². The molecule has 188 valence electrons. The second-order valence-electron chi connectivity index (χ2n) is 12.2. The molecule has 0 radical (unpaired) electrons. The predicted molar refractivity (Wildman–Crippen MR) is 136 cm³/mol. The maximum absolute atomic E-state index is 13.1. The number of benzene rings is 1. The number of fused-ring (bicyclic) bond motifs is 3. The molecule has 4 nitrogen and oxygen atoms in total. The van der Waals surface area contributed by atoms with E-state index in [1.807, 2.05) is 0 Å². The number of ether oxygens (including phenoxy) is 2. The summed E-state index contributed by atoms with van der Waals surface area (Å²) in [5.74, 6) is 1.94. The van der Waals surface area contributed by atoms with Crippen molar-refractivity contribution in [1.29, 1.82) is 0 Å². The van der Waals surface area contributed by atoms with Gasteiger partial charge in [0.15, 0.2) is 0 Å². The third-order valence-electron chi connectivity index (χ3n) is 8.74. The molecule has 2 unspecified atom stereocenters. The molecule has 1 aromatic rings. The zero-order valence-corrected chi connectivity index (χ0v) is 22.0. The molecule has 2 atom stereocenters. The summed E-state index contributed by atoms with van der Waals surface area (Å²) in [4.78, 5) is 25.7. The van der Waals surface area contributed by atoms with Gasteiger partial charge in [-0.15, -0.1) is 0 Å². The lowest BCUT2D eigenvalue weighted by molar-refractivity contribution is -0.138. The number of ketones is 1. The molecule has 4 heteroatoms. The van der Waals surface area contributed by atoms with E-state index in [0.717, 1.165) is 55.4 Å². The Morgan fingerprint density at radius 2 is 1.85 bits per heavy atom. The Morgan fingerprint density at radius 1 is 1.12 bits per heavy atom. The van der Waals surface area contributed by atoms with Crippen LogP contribution >= 0.6 is 0 Å². The molecular formula is C30H44O4. The number of hydrogen-bond donors (Lipinski definition) is 0. The van der Waals surface area contributed by atoms with Crippen molar-refractivity contribution >= 4 is 11.8 Å². The quantitative estimate of drug-likeness (QED) is 0.223. The van der Waals surface area contributed by atoms with Crippen molar-refractivity contribution in [3.05, 3.63) is 23.3 Å². The lowest BCUT2D eigenvalue weighted by Crippen LogP contribution is -2.47. The van der Waals surface area contributed by atoms with E-state index < -0.39 is 0 Å². The maximum atomic E-state index is 13.1. The second-order valence-corrected chi connectivity index (χ2v) is 12.2. The van der Waals surface area contributed by atoms with Crippen molar-refractivity contribution in [3.8, 4) is 11.5 Å². The molecule has 0 spiro atoms. The highest BCUT2D eigenvalue weighted by molar-refractivity contribution is 5.81. The summed E-state index contributed by atoms with van der Waals surface area (Å²) in [7, 11) is 0. The zero-order valence-electron chi connectivity index (χ0n) is 22.0. The monoisotopic (exact) mass is 468 g/mol. The Bertz CT molecular complexity index is 907. The lowest BCUT2D eigenvalue weighted by Gasteiger charge is -2.47. The second kappa shape index (κ2) is 10.0. The Hall–Kier alpha value is -1.84. The summed E-state index contributed by atoms with van der Waals surface area (Å²) in [5.41, 5.74) is 1.71. The van der Waals surface area contributed by atoms with Crippen LogP contribution in [0, 0.1) is 11.8 Å². The molecule has 0 aromatic heterocycles. The first-order valence-electron chi connectivity index (χ1n) is 13.7. The number of unbranched alkanes of at least 4 members (excludes halogenated alkanes) is 3. The van der Waals surface area contributed by atoms with Gasteiger partial charge in [0.1, 0.15) is 22.9 Å². The van der Waals surface area contributed by atoms with E-state index in [2.05, 4.69) is 46.8 Å². The van der Waals surface area contributed by atoms with Crippen LogP contribution < -0.4 is 9.47 Å². The summed E-state index contributed by atoms with van der Waals surface area (Å²) < 4.78 is 12.8. The molecule has 0 saturated heterocycles. The SMILES string of the molecule is CCCCCCC(C)(C)c1cc(OC(=O)C2CCCC2)c2c(c1)OC(C)(C)C1CCC(=O)CC21. The van der Waals surface area contributed by atoms with Gasteiger partial charge in [0.2, 0.25) is 0 Å². The third kappa shape index (κ3) is 5.21. The van der Waals surface area contributed by atoms with Crippen LogP contribution in [0.3, 0.4) is 0 Å². The fourth-order valence-corrected chi connectivity index (χ4v) is 6.52. The minimum Gasteiger partial charge on any atom is -0.487 e. The van der Waals surface area contributed by atoms with Gasteiger partial charge < -0.3 is 9.47 Å². The highest BCUT2D eigenvalue weighted by Crippen LogP contribution is 2.55. The van der Waals surface area contributed by atoms with E-state index in [1.165, 1.54) is 25.7 Å². The molecule has 0 N–H and O–H groups in total. The number of esters is 1. The van der Waals surface area contributed by atoms with E-state index >= 15 is 0 Å². The van der Waals surface area contributed by atoms with Gasteiger partial charge in [-0.25, -0.2) is 0 Å². The average molecular weight is 469 g/mol. The molecular weight excluding hydrogens is 424 g/mol. The van der Waals surface area contributed by atoms with Crippen LogP contribution in [0.4, 0.5) is 0 Å². The number of carbonyl (C=O) groups excluding carboxylic acids is 2. The standard InChI is InChI=1S/C30H44O4/c1-6-7-8-11-16-29(2,3)21-17-25(33-28(32)20-12-9-10-13-20)27-23-19-22(31)14-15-24(23)30(4,5)34-26(27)18-21/h17-18,20,23-24H,6-16,19H2,1-5H3. The maximum Gasteiger partial charge on any atom is 0.314 e. The third-order valence-corrected chi connectivity index (χ3v) is 8.74. The van der Waals surface area contributed by atoms with Gasteiger partial charge in [-0.1, -0.05) is 59.3 Å². The van der Waals surface area contributed by atoms with Crippen LogP contribution in [-0.4, -0.2) is 17.4 Å². The van der Waals surface area contributed by atoms with Crippen LogP contribution in [0.1, 0.15) is 129 Å². The first-order chi connectivity index (χ1) is 16.1. The number of Topliss-reactive ketones (excluding diaryl/α,β-unsaturated/α-hetero) is 1. The Kier molecular flexibility index (Phi) is 7.45. The fourth-order valence-electron chi connectivity index (χ4n) is 6.52. The largest absolute Gasteiger partial charge is 0.487 e. The Morgan fingerprint density at radius 3 is 2.56 bits per heavy atom. The van der Waals surface area contributed by atoms with E-state index in [9.17, 15) is 9.59 Å². The first-order valence-corrected chi connectivity index (χ1v) is 13.7. The predicted octanol–water partition coefficient (Wildman–Crippen LogP) is 7.65. The van der Waals surface area contributed by atoms with Crippen molar-refractivity contribution in [2.75, 3.05) is 0 Å². The van der Waals surface area contributed by atoms with Gasteiger partial charge in [-0.3, -0.25) is 9.59 Å². The zero-order chi connectivity index (χ0) is 24.5. The summed E-state index contributed by atoms with van der Waals surface area (Å²) >= 11 is 0. The molecule has 0 bridgehead atoms. The molecule has 0 amide bonds.